The first-order valence-electron chi connectivity index (χ1n) is 10.7. The zero-order valence-corrected chi connectivity index (χ0v) is 19.5. The van der Waals surface area contributed by atoms with Gasteiger partial charge in [-0.15, -0.1) is 0 Å². The van der Waals surface area contributed by atoms with E-state index in [2.05, 4.69) is 23.3 Å². The Bertz CT molecular complexity index is 1220. The van der Waals surface area contributed by atoms with Crippen LogP contribution in [0.2, 0.25) is 0 Å². The van der Waals surface area contributed by atoms with Crippen molar-refractivity contribution in [1.82, 2.24) is 14.9 Å². The zero-order chi connectivity index (χ0) is 23.3. The lowest BCUT2D eigenvalue weighted by atomic mass is 10.1. The number of nitrogens with one attached hydrogen (secondary N) is 1. The maximum atomic E-state index is 12.3. The van der Waals surface area contributed by atoms with Crippen LogP contribution in [0.1, 0.15) is 36.7 Å². The fourth-order valence-corrected chi connectivity index (χ4v) is 4.16. The number of carbonyl (C=O) groups excluding carboxylic acids is 1. The molecule has 0 spiro atoms. The maximum absolute atomic E-state index is 12.3. The van der Waals surface area contributed by atoms with Crippen LogP contribution in [0.25, 0.3) is 11.0 Å². The molecular weight excluding hydrogens is 428 g/mol. The number of aromatic nitrogens is 2. The fraction of sp³-hybridized carbons (Fsp3) is 0.391. The van der Waals surface area contributed by atoms with Gasteiger partial charge in [-0.05, 0) is 50.1 Å². The number of hydrogen-bond acceptors (Lipinski definition) is 5. The molecule has 32 heavy (non-hydrogen) atoms. The van der Waals surface area contributed by atoms with Crippen molar-refractivity contribution in [3.8, 4) is 5.75 Å². The Morgan fingerprint density at radius 1 is 1.19 bits per heavy atom. The van der Waals surface area contributed by atoms with Gasteiger partial charge in [0.25, 0.3) is 0 Å². The third kappa shape index (κ3) is 5.86. The summed E-state index contributed by atoms with van der Waals surface area (Å²) in [5.41, 5.74) is 3.63. The van der Waals surface area contributed by atoms with Crippen LogP contribution < -0.4 is 15.2 Å². The molecule has 0 saturated carbocycles. The molecule has 0 radical (unpaired) electrons. The van der Waals surface area contributed by atoms with E-state index in [0.29, 0.717) is 25.1 Å². The Labute approximate surface area is 188 Å². The number of sulfonamides is 1. The summed E-state index contributed by atoms with van der Waals surface area (Å²) in [5.74, 6) is 1.47. The number of amides is 1. The first kappa shape index (κ1) is 23.7. The van der Waals surface area contributed by atoms with Crippen LogP contribution in [-0.4, -0.2) is 37.0 Å². The summed E-state index contributed by atoms with van der Waals surface area (Å²) in [6.45, 7) is 7.61. The molecule has 0 saturated heterocycles. The van der Waals surface area contributed by atoms with Gasteiger partial charge >= 0.3 is 0 Å². The van der Waals surface area contributed by atoms with Crippen LogP contribution in [0.5, 0.6) is 5.75 Å². The molecule has 3 N–H and O–H groups in total. The van der Waals surface area contributed by atoms with Gasteiger partial charge in [0, 0.05) is 19.4 Å². The number of nitrogens with two attached hydrogens (primary N) is 1. The Kier molecular flexibility index (Phi) is 7.52. The van der Waals surface area contributed by atoms with Crippen LogP contribution in [0, 0.1) is 13.8 Å². The van der Waals surface area contributed by atoms with E-state index in [-0.39, 0.29) is 17.2 Å². The summed E-state index contributed by atoms with van der Waals surface area (Å²) < 4.78 is 31.0. The number of primary sulfonamides is 1. The van der Waals surface area contributed by atoms with Crippen molar-refractivity contribution in [2.45, 2.75) is 51.5 Å². The molecule has 0 bridgehead atoms. The van der Waals surface area contributed by atoms with E-state index in [1.807, 2.05) is 30.5 Å². The number of fused-ring (bicyclic) bond motifs is 1. The number of hydrogen-bond donors (Lipinski definition) is 2. The molecular formula is C23H30N4O4S. The first-order chi connectivity index (χ1) is 15.2. The Morgan fingerprint density at radius 3 is 2.66 bits per heavy atom. The van der Waals surface area contributed by atoms with E-state index in [9.17, 15) is 13.2 Å². The average Bonchev–Trinajstić information content (AvgIpc) is 3.07. The van der Waals surface area contributed by atoms with Gasteiger partial charge < -0.3 is 14.6 Å². The smallest absolute Gasteiger partial charge is 0.238 e. The average molecular weight is 459 g/mol. The fourth-order valence-electron chi connectivity index (χ4n) is 3.63. The van der Waals surface area contributed by atoms with Gasteiger partial charge in [0.2, 0.25) is 15.9 Å². The predicted molar refractivity (Wildman–Crippen MR) is 124 cm³/mol. The lowest BCUT2D eigenvalue weighted by molar-refractivity contribution is -0.121. The van der Waals surface area contributed by atoms with Gasteiger partial charge in [-0.1, -0.05) is 24.6 Å². The highest BCUT2D eigenvalue weighted by Gasteiger charge is 2.15. The van der Waals surface area contributed by atoms with Crippen molar-refractivity contribution in [2.24, 2.45) is 5.14 Å². The molecule has 0 aliphatic rings. The summed E-state index contributed by atoms with van der Waals surface area (Å²) in [4.78, 5) is 16.9. The summed E-state index contributed by atoms with van der Waals surface area (Å²) >= 11 is 0. The highest BCUT2D eigenvalue weighted by molar-refractivity contribution is 7.89. The zero-order valence-electron chi connectivity index (χ0n) is 18.7. The molecule has 3 aromatic rings. The molecule has 0 atom stereocenters. The minimum atomic E-state index is -3.80. The standard InChI is InChI=1S/C23H30N4O4S/c1-4-12-27-20-7-6-18(32(24,29)30)15-19(20)26-22(27)9-10-23(28)25-11-13-31-21-8-5-16(2)14-17(21)3/h5-8,14-15H,4,9-13H2,1-3H3,(H,25,28)(H2,24,29,30). The number of aryl methyl sites for hydroxylation is 4. The molecule has 1 heterocycles. The summed E-state index contributed by atoms with van der Waals surface area (Å²) in [6.07, 6.45) is 1.61. The quantitative estimate of drug-likeness (QED) is 0.453. The molecule has 8 nitrogen and oxygen atoms in total. The molecule has 9 heteroatoms. The van der Waals surface area contributed by atoms with E-state index in [1.54, 1.807) is 6.07 Å². The number of ether oxygens (including phenoxy) is 1. The van der Waals surface area contributed by atoms with Gasteiger partial charge in [0.05, 0.1) is 22.5 Å². The third-order valence-electron chi connectivity index (χ3n) is 5.16. The van der Waals surface area contributed by atoms with Gasteiger partial charge in [-0.3, -0.25) is 4.79 Å². The van der Waals surface area contributed by atoms with Crippen LogP contribution in [-0.2, 0) is 27.8 Å². The van der Waals surface area contributed by atoms with Crippen LogP contribution >= 0.6 is 0 Å². The van der Waals surface area contributed by atoms with Crippen LogP contribution in [0.4, 0.5) is 0 Å². The van der Waals surface area contributed by atoms with Crippen molar-refractivity contribution in [3.63, 3.8) is 0 Å². The second-order valence-corrected chi connectivity index (χ2v) is 9.40. The molecule has 0 aliphatic heterocycles. The van der Waals surface area contributed by atoms with Gasteiger partial charge in [-0.2, -0.15) is 0 Å². The second-order valence-electron chi connectivity index (χ2n) is 7.84. The monoisotopic (exact) mass is 458 g/mol. The third-order valence-corrected chi connectivity index (χ3v) is 6.07. The largest absolute Gasteiger partial charge is 0.491 e. The van der Waals surface area contributed by atoms with E-state index in [4.69, 9.17) is 9.88 Å². The molecule has 172 valence electrons. The van der Waals surface area contributed by atoms with Gasteiger partial charge in [-0.25, -0.2) is 18.5 Å². The van der Waals surface area contributed by atoms with Gasteiger partial charge in [0.1, 0.15) is 18.2 Å². The first-order valence-corrected chi connectivity index (χ1v) is 12.2. The molecule has 0 unspecified atom stereocenters. The maximum Gasteiger partial charge on any atom is 0.238 e. The molecule has 3 rings (SSSR count). The molecule has 0 fully saturated rings. The summed E-state index contributed by atoms with van der Waals surface area (Å²) in [7, 11) is -3.80. The van der Waals surface area contributed by atoms with Crippen molar-refractivity contribution in [2.75, 3.05) is 13.2 Å². The van der Waals surface area contributed by atoms with Crippen molar-refractivity contribution in [3.05, 3.63) is 53.3 Å². The molecule has 1 aromatic heterocycles. The predicted octanol–water partition coefficient (Wildman–Crippen LogP) is 2.84. The normalized spacial score (nSPS) is 11.6. The van der Waals surface area contributed by atoms with Crippen LogP contribution in [0.3, 0.4) is 0 Å². The van der Waals surface area contributed by atoms with Crippen molar-refractivity contribution in [1.29, 1.82) is 0 Å². The summed E-state index contributed by atoms with van der Waals surface area (Å²) in [5, 5.41) is 8.11. The van der Waals surface area contributed by atoms with E-state index in [0.717, 1.165) is 35.6 Å². The van der Waals surface area contributed by atoms with Crippen molar-refractivity contribution < 1.29 is 17.9 Å². The molecule has 0 aliphatic carbocycles. The lowest BCUT2D eigenvalue weighted by Gasteiger charge is -2.11. The van der Waals surface area contributed by atoms with E-state index >= 15 is 0 Å². The number of nitrogens with zero attached hydrogens (tertiary/aromatic N) is 2. The van der Waals surface area contributed by atoms with Crippen molar-refractivity contribution >= 4 is 27.0 Å². The minimum absolute atomic E-state index is 0.0271. The lowest BCUT2D eigenvalue weighted by Crippen LogP contribution is -2.28. The second kappa shape index (κ2) is 10.1. The molecule has 2 aromatic carbocycles. The number of imidazole rings is 1. The number of carbonyl (C=O) groups is 1. The Balaban J connectivity index is 1.58. The SMILES string of the molecule is CCCn1c(CCC(=O)NCCOc2ccc(C)cc2C)nc2cc(S(N)(=O)=O)ccc21. The highest BCUT2D eigenvalue weighted by Crippen LogP contribution is 2.21. The topological polar surface area (TPSA) is 116 Å². The van der Waals surface area contributed by atoms with E-state index in [1.165, 1.54) is 17.7 Å². The number of benzene rings is 2. The number of rotatable bonds is 10. The minimum Gasteiger partial charge on any atom is -0.491 e. The summed E-state index contributed by atoms with van der Waals surface area (Å²) in [6, 6.07) is 10.7. The highest BCUT2D eigenvalue weighted by atomic mass is 32.2. The Morgan fingerprint density at radius 2 is 1.97 bits per heavy atom. The Hall–Kier alpha value is -2.91. The van der Waals surface area contributed by atoms with Crippen LogP contribution in [0.15, 0.2) is 41.3 Å². The molecule has 1 amide bonds. The van der Waals surface area contributed by atoms with E-state index < -0.39 is 10.0 Å². The van der Waals surface area contributed by atoms with Gasteiger partial charge in [0.15, 0.2) is 0 Å².